The van der Waals surface area contributed by atoms with Gasteiger partial charge >= 0.3 is 0 Å². The molecule has 0 aliphatic rings. The van der Waals surface area contributed by atoms with E-state index < -0.39 is 35.9 Å². The highest BCUT2D eigenvalue weighted by molar-refractivity contribution is 7.95. The molecule has 2 N–H and O–H groups in total. The van der Waals surface area contributed by atoms with Gasteiger partial charge in [0.1, 0.15) is 0 Å². The van der Waals surface area contributed by atoms with Crippen LogP contribution in [0.2, 0.25) is 5.02 Å². The Balaban J connectivity index is 3.06. The molecule has 0 amide bonds. The van der Waals surface area contributed by atoms with Crippen molar-refractivity contribution in [3.05, 3.63) is 23.2 Å². The molecule has 0 radical (unpaired) electrons. The Bertz CT molecular complexity index is 703. The van der Waals surface area contributed by atoms with Gasteiger partial charge < -0.3 is 5.73 Å². The van der Waals surface area contributed by atoms with Gasteiger partial charge in [-0.25, -0.2) is 16.8 Å². The minimum absolute atomic E-state index is 0.0346. The molecule has 8 heteroatoms. The van der Waals surface area contributed by atoms with Gasteiger partial charge in [0.2, 0.25) is 0 Å². The topological polar surface area (TPSA) is 94.3 Å². The average molecular weight is 340 g/mol. The summed E-state index contributed by atoms with van der Waals surface area (Å²) in [6.45, 7) is 4.59. The first kappa shape index (κ1) is 17.3. The maximum atomic E-state index is 12.2. The molecule has 0 aliphatic heterocycles. The van der Waals surface area contributed by atoms with E-state index in [-0.39, 0.29) is 15.6 Å². The van der Waals surface area contributed by atoms with Crippen LogP contribution in [0.1, 0.15) is 20.8 Å². The summed E-state index contributed by atoms with van der Waals surface area (Å²) in [5.74, 6) is -0.972. The van der Waals surface area contributed by atoms with Crippen LogP contribution in [0.4, 0.5) is 5.69 Å². The lowest BCUT2D eigenvalue weighted by Crippen LogP contribution is -2.33. The lowest BCUT2D eigenvalue weighted by Gasteiger charge is -2.19. The lowest BCUT2D eigenvalue weighted by atomic mass is 10.3. The molecule has 0 bridgehead atoms. The molecule has 0 aromatic heterocycles. The van der Waals surface area contributed by atoms with Crippen LogP contribution in [0.3, 0.4) is 0 Å². The first-order valence-corrected chi connectivity index (χ1v) is 9.55. The second-order valence-corrected chi connectivity index (χ2v) is 10.8. The average Bonchev–Trinajstić information content (AvgIpc) is 2.28. The summed E-state index contributed by atoms with van der Waals surface area (Å²) in [6, 6.07) is 4.09. The van der Waals surface area contributed by atoms with E-state index in [1.807, 2.05) is 0 Å². The SMILES string of the molecule is CC(C)(C)S(=O)(=O)CCS(=O)(=O)c1cc(N)ccc1Cl. The molecule has 1 rings (SSSR count). The van der Waals surface area contributed by atoms with Crippen LogP contribution in [-0.4, -0.2) is 33.1 Å². The van der Waals surface area contributed by atoms with Crippen LogP contribution < -0.4 is 5.73 Å². The highest BCUT2D eigenvalue weighted by Gasteiger charge is 2.31. The Morgan fingerprint density at radius 1 is 1.10 bits per heavy atom. The molecule has 0 atom stereocenters. The third kappa shape index (κ3) is 3.86. The number of benzene rings is 1. The largest absolute Gasteiger partial charge is 0.399 e. The summed E-state index contributed by atoms with van der Waals surface area (Å²) in [5.41, 5.74) is 5.79. The minimum Gasteiger partial charge on any atom is -0.399 e. The minimum atomic E-state index is -3.80. The predicted molar refractivity (Wildman–Crippen MR) is 81.5 cm³/mol. The fourth-order valence-electron chi connectivity index (χ4n) is 1.39. The predicted octanol–water partition coefficient (Wildman–Crippen LogP) is 1.91. The first-order valence-electron chi connectivity index (χ1n) is 5.87. The van der Waals surface area contributed by atoms with Gasteiger partial charge in [-0.3, -0.25) is 0 Å². The molecular formula is C12H18ClNO4S2. The molecular weight excluding hydrogens is 322 g/mol. The van der Waals surface area contributed by atoms with Crippen molar-refractivity contribution in [1.29, 1.82) is 0 Å². The highest BCUT2D eigenvalue weighted by Crippen LogP contribution is 2.25. The Morgan fingerprint density at radius 3 is 2.15 bits per heavy atom. The number of rotatable bonds is 4. The summed E-state index contributed by atoms with van der Waals surface area (Å²) < 4.78 is 47.3. The third-order valence-electron chi connectivity index (χ3n) is 2.84. The van der Waals surface area contributed by atoms with E-state index in [4.69, 9.17) is 17.3 Å². The van der Waals surface area contributed by atoms with E-state index in [2.05, 4.69) is 0 Å². The van der Waals surface area contributed by atoms with Crippen molar-refractivity contribution in [3.8, 4) is 0 Å². The van der Waals surface area contributed by atoms with Crippen molar-refractivity contribution >= 4 is 37.0 Å². The van der Waals surface area contributed by atoms with Crippen LogP contribution >= 0.6 is 11.6 Å². The van der Waals surface area contributed by atoms with Crippen molar-refractivity contribution in [3.63, 3.8) is 0 Å². The molecule has 0 fully saturated rings. The van der Waals surface area contributed by atoms with Crippen molar-refractivity contribution < 1.29 is 16.8 Å². The summed E-state index contributed by atoms with van der Waals surface area (Å²) in [6.07, 6.45) is 0. The quantitative estimate of drug-likeness (QED) is 0.845. The molecule has 0 spiro atoms. The van der Waals surface area contributed by atoms with Crippen LogP contribution in [0.15, 0.2) is 23.1 Å². The Labute approximate surface area is 125 Å². The molecule has 0 heterocycles. The van der Waals surface area contributed by atoms with E-state index in [9.17, 15) is 16.8 Å². The fraction of sp³-hybridized carbons (Fsp3) is 0.500. The summed E-state index contributed by atoms with van der Waals surface area (Å²) >= 11 is 5.84. The summed E-state index contributed by atoms with van der Waals surface area (Å²) in [7, 11) is -7.31. The van der Waals surface area contributed by atoms with Gasteiger partial charge in [-0.05, 0) is 39.0 Å². The molecule has 0 unspecified atom stereocenters. The molecule has 1 aromatic rings. The van der Waals surface area contributed by atoms with Gasteiger partial charge in [0.25, 0.3) is 0 Å². The molecule has 0 aliphatic carbocycles. The van der Waals surface area contributed by atoms with Gasteiger partial charge in [-0.1, -0.05) is 11.6 Å². The zero-order valence-corrected chi connectivity index (χ0v) is 13.9. The smallest absolute Gasteiger partial charge is 0.180 e. The van der Waals surface area contributed by atoms with E-state index in [0.717, 1.165) is 0 Å². The normalized spacial score (nSPS) is 13.4. The standard InChI is InChI=1S/C12H18ClNO4S2/c1-12(2,3)20(17,18)7-6-19(15,16)11-8-9(14)4-5-10(11)13/h4-5,8H,6-7,14H2,1-3H3. The summed E-state index contributed by atoms with van der Waals surface area (Å²) in [5, 5.41) is 0.0346. The molecule has 20 heavy (non-hydrogen) atoms. The first-order chi connectivity index (χ1) is 8.87. The van der Waals surface area contributed by atoms with E-state index in [1.165, 1.54) is 39.0 Å². The maximum absolute atomic E-state index is 12.2. The van der Waals surface area contributed by atoms with E-state index in [0.29, 0.717) is 0 Å². The van der Waals surface area contributed by atoms with Crippen LogP contribution in [-0.2, 0) is 19.7 Å². The monoisotopic (exact) mass is 339 g/mol. The van der Waals surface area contributed by atoms with Gasteiger partial charge in [0.15, 0.2) is 19.7 Å². The maximum Gasteiger partial charge on any atom is 0.180 e. The molecule has 114 valence electrons. The zero-order valence-electron chi connectivity index (χ0n) is 11.6. The number of hydrogen-bond donors (Lipinski definition) is 1. The van der Waals surface area contributed by atoms with Crippen LogP contribution in [0, 0.1) is 0 Å². The van der Waals surface area contributed by atoms with Gasteiger partial charge in [0, 0.05) is 5.69 Å². The molecule has 5 nitrogen and oxygen atoms in total. The van der Waals surface area contributed by atoms with Crippen molar-refractivity contribution in [2.75, 3.05) is 17.2 Å². The molecule has 1 aromatic carbocycles. The Hall–Kier alpha value is -0.790. The fourth-order valence-corrected chi connectivity index (χ4v) is 5.13. The van der Waals surface area contributed by atoms with Crippen LogP contribution in [0.5, 0.6) is 0 Å². The van der Waals surface area contributed by atoms with Gasteiger partial charge in [-0.15, -0.1) is 0 Å². The van der Waals surface area contributed by atoms with Crippen LogP contribution in [0.25, 0.3) is 0 Å². The number of anilines is 1. The second-order valence-electron chi connectivity index (χ2n) is 5.44. The van der Waals surface area contributed by atoms with Crippen molar-refractivity contribution in [2.24, 2.45) is 0 Å². The van der Waals surface area contributed by atoms with Gasteiger partial charge in [-0.2, -0.15) is 0 Å². The zero-order chi connectivity index (χ0) is 15.8. The number of hydrogen-bond acceptors (Lipinski definition) is 5. The number of nitrogens with two attached hydrogens (primary N) is 1. The van der Waals surface area contributed by atoms with E-state index in [1.54, 1.807) is 0 Å². The Morgan fingerprint density at radius 2 is 1.65 bits per heavy atom. The second kappa shape index (κ2) is 5.54. The molecule has 0 saturated carbocycles. The van der Waals surface area contributed by atoms with Crippen molar-refractivity contribution in [1.82, 2.24) is 0 Å². The van der Waals surface area contributed by atoms with Gasteiger partial charge in [0.05, 0.1) is 26.2 Å². The number of nitrogen functional groups attached to an aromatic ring is 1. The number of halogens is 1. The lowest BCUT2D eigenvalue weighted by molar-refractivity contribution is 0.559. The van der Waals surface area contributed by atoms with Crippen molar-refractivity contribution in [2.45, 2.75) is 30.4 Å². The highest BCUT2D eigenvalue weighted by atomic mass is 35.5. The van der Waals surface area contributed by atoms with E-state index >= 15 is 0 Å². The summed E-state index contributed by atoms with van der Waals surface area (Å²) in [4.78, 5) is -0.136. The number of sulfone groups is 2. The molecule has 0 saturated heterocycles. The Kier molecular flexibility index (Phi) is 4.78. The third-order valence-corrected chi connectivity index (χ3v) is 7.90.